The van der Waals surface area contributed by atoms with Gasteiger partial charge in [0.25, 0.3) is 5.91 Å². The number of anilines is 1. The summed E-state index contributed by atoms with van der Waals surface area (Å²) in [4.78, 5) is 22.1. The van der Waals surface area contributed by atoms with Gasteiger partial charge in [0.2, 0.25) is 5.88 Å². The summed E-state index contributed by atoms with van der Waals surface area (Å²) >= 11 is 0. The third-order valence-electron chi connectivity index (χ3n) is 10.1. The molecule has 3 fully saturated rings. The van der Waals surface area contributed by atoms with Crippen LogP contribution in [0.2, 0.25) is 0 Å². The predicted octanol–water partition coefficient (Wildman–Crippen LogP) is 5.41. The molecule has 1 aromatic heterocycles. The van der Waals surface area contributed by atoms with Crippen LogP contribution in [0.4, 0.5) is 18.9 Å². The van der Waals surface area contributed by atoms with Crippen LogP contribution in [0.25, 0.3) is 22.0 Å². The molecule has 0 spiro atoms. The standard InChI is InChI=1S/C35H33F3N6O2/c1-19(36)35(45)44-11-10-43(17-23(44)8-9-39)33-27-7-6-26(25-5-3-4-20-12-21-13-28(21)30(20)25)31(38)32(27)41-34(29(33)15-40)46-18-24-14-22(37)16-42(24)2/h3-7,21-24,28H,1,8,10-14,16-18H2,2H3/t21?,22-,23+,24+,28?/m1/s1. The van der Waals surface area contributed by atoms with E-state index in [0.29, 0.717) is 28.5 Å². The second-order valence-electron chi connectivity index (χ2n) is 12.9. The van der Waals surface area contributed by atoms with Gasteiger partial charge in [-0.3, -0.25) is 9.69 Å². The fourth-order valence-electron chi connectivity index (χ4n) is 7.72. The molecule has 46 heavy (non-hydrogen) atoms. The number of benzene rings is 2. The Morgan fingerprint density at radius 1 is 1.13 bits per heavy atom. The van der Waals surface area contributed by atoms with E-state index in [1.165, 1.54) is 16.0 Å². The molecular formula is C35H33F3N6O2. The number of likely N-dealkylation sites (N-methyl/N-ethyl adjacent to an activating group) is 1. The number of halogens is 3. The molecule has 4 aliphatic rings. The number of carbonyl (C=O) groups is 1. The Labute approximate surface area is 265 Å². The first-order chi connectivity index (χ1) is 22.2. The number of carbonyl (C=O) groups excluding carboxylic acids is 1. The molecule has 11 heteroatoms. The van der Waals surface area contributed by atoms with E-state index in [0.717, 1.165) is 18.4 Å². The van der Waals surface area contributed by atoms with Gasteiger partial charge in [-0.2, -0.15) is 10.5 Å². The fraction of sp³-hybridized carbons (Fsp3) is 0.429. The fourth-order valence-corrected chi connectivity index (χ4v) is 7.72. The topological polar surface area (TPSA) is 96.5 Å². The van der Waals surface area contributed by atoms with Crippen LogP contribution in [-0.2, 0) is 11.2 Å². The molecule has 2 aliphatic carbocycles. The Kier molecular flexibility index (Phi) is 7.60. The highest BCUT2D eigenvalue weighted by atomic mass is 19.1. The number of likely N-dealkylation sites (tertiary alicyclic amines) is 1. The molecule has 8 nitrogen and oxygen atoms in total. The zero-order valence-corrected chi connectivity index (χ0v) is 25.5. The summed E-state index contributed by atoms with van der Waals surface area (Å²) in [5.41, 5.74) is 4.16. The van der Waals surface area contributed by atoms with Gasteiger partial charge in [0.15, 0.2) is 11.6 Å². The van der Waals surface area contributed by atoms with Crippen molar-refractivity contribution in [1.29, 1.82) is 10.5 Å². The SMILES string of the molecule is C=C(F)C(=O)N1CCN(c2c(C#N)c(OC[C@@H]3C[C@@H](F)CN3C)nc3c(F)c(-c4cccc5c4C4CC4C5)ccc23)C[C@@H]1CC#N. The van der Waals surface area contributed by atoms with Crippen molar-refractivity contribution in [3.8, 4) is 29.1 Å². The highest BCUT2D eigenvalue weighted by molar-refractivity contribution is 5.99. The molecule has 1 amide bonds. The van der Waals surface area contributed by atoms with E-state index in [1.54, 1.807) is 19.2 Å². The molecule has 3 heterocycles. The number of fused-ring (bicyclic) bond motifs is 4. The monoisotopic (exact) mass is 626 g/mol. The Hall–Kier alpha value is -4.61. The first-order valence-corrected chi connectivity index (χ1v) is 15.6. The number of piperazine rings is 1. The summed E-state index contributed by atoms with van der Waals surface area (Å²) in [7, 11) is 1.80. The summed E-state index contributed by atoms with van der Waals surface area (Å²) in [5, 5.41) is 20.4. The summed E-state index contributed by atoms with van der Waals surface area (Å²) in [6.45, 7) is 3.78. The number of nitriles is 2. The van der Waals surface area contributed by atoms with Crippen LogP contribution >= 0.6 is 0 Å². The molecule has 1 saturated carbocycles. The van der Waals surface area contributed by atoms with Crippen molar-refractivity contribution < 1.29 is 22.7 Å². The van der Waals surface area contributed by atoms with Gasteiger partial charge in [-0.05, 0) is 60.9 Å². The van der Waals surface area contributed by atoms with Gasteiger partial charge in [-0.1, -0.05) is 30.8 Å². The minimum atomic E-state index is -1.12. The van der Waals surface area contributed by atoms with Gasteiger partial charge in [0.1, 0.15) is 29.9 Å². The summed E-state index contributed by atoms with van der Waals surface area (Å²) < 4.78 is 50.9. The smallest absolute Gasteiger partial charge is 0.282 e. The third-order valence-corrected chi connectivity index (χ3v) is 10.1. The molecule has 0 N–H and O–H groups in total. The Morgan fingerprint density at radius 3 is 2.67 bits per heavy atom. The normalized spacial score (nSPS) is 25.1. The van der Waals surface area contributed by atoms with Crippen LogP contribution in [0.15, 0.2) is 42.7 Å². The average Bonchev–Trinajstić information content (AvgIpc) is 3.58. The predicted molar refractivity (Wildman–Crippen MR) is 166 cm³/mol. The molecule has 7 rings (SSSR count). The van der Waals surface area contributed by atoms with Crippen molar-refractivity contribution in [2.75, 3.05) is 44.7 Å². The average molecular weight is 627 g/mol. The molecule has 3 aromatic rings. The number of amides is 1. The van der Waals surface area contributed by atoms with Crippen LogP contribution in [0.1, 0.15) is 41.9 Å². The zero-order chi connectivity index (χ0) is 32.3. The number of alkyl halides is 1. The van der Waals surface area contributed by atoms with Crippen molar-refractivity contribution in [1.82, 2.24) is 14.8 Å². The van der Waals surface area contributed by atoms with Crippen LogP contribution < -0.4 is 9.64 Å². The van der Waals surface area contributed by atoms with Crippen molar-refractivity contribution >= 4 is 22.5 Å². The molecule has 0 radical (unpaired) electrons. The van der Waals surface area contributed by atoms with Crippen molar-refractivity contribution in [3.05, 3.63) is 65.2 Å². The lowest BCUT2D eigenvalue weighted by Gasteiger charge is -2.42. The number of pyridine rings is 1. The van der Waals surface area contributed by atoms with Crippen LogP contribution in [0.3, 0.4) is 0 Å². The van der Waals surface area contributed by atoms with Crippen LogP contribution in [0.5, 0.6) is 5.88 Å². The highest BCUT2D eigenvalue weighted by Crippen LogP contribution is 2.59. The molecule has 2 saturated heterocycles. The maximum atomic E-state index is 16.8. The van der Waals surface area contributed by atoms with E-state index in [-0.39, 0.29) is 68.6 Å². The molecular weight excluding hydrogens is 593 g/mol. The first kappa shape index (κ1) is 30.1. The van der Waals surface area contributed by atoms with E-state index < -0.39 is 29.8 Å². The molecule has 0 bridgehead atoms. The van der Waals surface area contributed by atoms with Crippen LogP contribution in [0, 0.1) is 34.4 Å². The van der Waals surface area contributed by atoms with Gasteiger partial charge < -0.3 is 14.5 Å². The molecule has 2 aliphatic heterocycles. The van der Waals surface area contributed by atoms with Crippen LogP contribution in [-0.4, -0.2) is 78.8 Å². The Morgan fingerprint density at radius 2 is 1.96 bits per heavy atom. The lowest BCUT2D eigenvalue weighted by atomic mass is 9.92. The van der Waals surface area contributed by atoms with Gasteiger partial charge >= 0.3 is 0 Å². The Bertz CT molecular complexity index is 1850. The number of rotatable bonds is 7. The molecule has 5 atom stereocenters. The molecule has 236 valence electrons. The second-order valence-corrected chi connectivity index (χ2v) is 12.9. The van der Waals surface area contributed by atoms with Gasteiger partial charge in [0, 0.05) is 43.2 Å². The maximum Gasteiger partial charge on any atom is 0.282 e. The minimum Gasteiger partial charge on any atom is -0.475 e. The Balaban J connectivity index is 1.35. The van der Waals surface area contributed by atoms with E-state index in [2.05, 4.69) is 29.8 Å². The van der Waals surface area contributed by atoms with Gasteiger partial charge in [-0.25, -0.2) is 18.2 Å². The summed E-state index contributed by atoms with van der Waals surface area (Å²) in [5.74, 6) is -1.57. The summed E-state index contributed by atoms with van der Waals surface area (Å²) in [6, 6.07) is 12.8. The second kappa shape index (κ2) is 11.6. The van der Waals surface area contributed by atoms with E-state index in [4.69, 9.17) is 4.74 Å². The minimum absolute atomic E-state index is 0.0278. The number of aromatic nitrogens is 1. The summed E-state index contributed by atoms with van der Waals surface area (Å²) in [6.07, 6.45) is 1.29. The van der Waals surface area contributed by atoms with Crippen molar-refractivity contribution in [2.45, 2.75) is 49.9 Å². The first-order valence-electron chi connectivity index (χ1n) is 15.6. The van der Waals surface area contributed by atoms with E-state index in [1.807, 2.05) is 21.9 Å². The number of hydrogen-bond donors (Lipinski definition) is 0. The largest absolute Gasteiger partial charge is 0.475 e. The van der Waals surface area contributed by atoms with E-state index in [9.17, 15) is 24.1 Å². The lowest BCUT2D eigenvalue weighted by Crippen LogP contribution is -2.55. The quantitative estimate of drug-likeness (QED) is 0.324. The van der Waals surface area contributed by atoms with E-state index >= 15 is 4.39 Å². The number of ether oxygens (including phenoxy) is 1. The lowest BCUT2D eigenvalue weighted by molar-refractivity contribution is -0.131. The highest BCUT2D eigenvalue weighted by Gasteiger charge is 2.46. The number of hydrogen-bond acceptors (Lipinski definition) is 7. The molecule has 2 aromatic carbocycles. The van der Waals surface area contributed by atoms with Gasteiger partial charge in [0.05, 0.1) is 24.2 Å². The van der Waals surface area contributed by atoms with Gasteiger partial charge in [-0.15, -0.1) is 0 Å². The van der Waals surface area contributed by atoms with Crippen molar-refractivity contribution in [2.24, 2.45) is 5.92 Å². The van der Waals surface area contributed by atoms with Crippen molar-refractivity contribution in [3.63, 3.8) is 0 Å². The molecule has 2 unspecified atom stereocenters. The maximum absolute atomic E-state index is 16.8. The third kappa shape index (κ3) is 5.03. The number of nitrogens with zero attached hydrogens (tertiary/aromatic N) is 6. The zero-order valence-electron chi connectivity index (χ0n) is 25.5.